The van der Waals surface area contributed by atoms with Crippen LogP contribution >= 0.6 is 0 Å². The van der Waals surface area contributed by atoms with Crippen LogP contribution in [0.5, 0.6) is 5.88 Å². The lowest BCUT2D eigenvalue weighted by Gasteiger charge is -2.03. The number of carbonyl (C=O) groups is 1. The SMILES string of the molecule is O=C(O)c1c(-c2ccccc2)nn2c1OCCCC2. The van der Waals surface area contributed by atoms with Gasteiger partial charge in [-0.15, -0.1) is 0 Å². The highest BCUT2D eigenvalue weighted by Crippen LogP contribution is 2.32. The molecule has 3 rings (SSSR count). The van der Waals surface area contributed by atoms with E-state index >= 15 is 0 Å². The summed E-state index contributed by atoms with van der Waals surface area (Å²) >= 11 is 0. The summed E-state index contributed by atoms with van der Waals surface area (Å²) in [6.45, 7) is 1.24. The largest absolute Gasteiger partial charge is 0.477 e. The molecule has 0 aliphatic carbocycles. The summed E-state index contributed by atoms with van der Waals surface area (Å²) in [6.07, 6.45) is 1.87. The minimum Gasteiger partial charge on any atom is -0.477 e. The van der Waals surface area contributed by atoms with Crippen LogP contribution in [0.2, 0.25) is 0 Å². The Bertz CT molecular complexity index is 605. The maximum absolute atomic E-state index is 11.5. The summed E-state index contributed by atoms with van der Waals surface area (Å²) in [5.74, 6) is -0.620. The molecule has 2 heterocycles. The summed E-state index contributed by atoms with van der Waals surface area (Å²) < 4.78 is 7.23. The van der Waals surface area contributed by atoms with E-state index in [0.717, 1.165) is 18.4 Å². The van der Waals surface area contributed by atoms with Gasteiger partial charge in [0.2, 0.25) is 5.88 Å². The average molecular weight is 258 g/mol. The molecule has 0 radical (unpaired) electrons. The Hall–Kier alpha value is -2.30. The number of hydrogen-bond donors (Lipinski definition) is 1. The van der Waals surface area contributed by atoms with Crippen molar-refractivity contribution in [3.63, 3.8) is 0 Å². The Labute approximate surface area is 110 Å². The van der Waals surface area contributed by atoms with Gasteiger partial charge in [-0.1, -0.05) is 30.3 Å². The second kappa shape index (κ2) is 4.76. The first-order chi connectivity index (χ1) is 9.27. The van der Waals surface area contributed by atoms with Crippen molar-refractivity contribution in [2.45, 2.75) is 19.4 Å². The van der Waals surface area contributed by atoms with Crippen molar-refractivity contribution in [3.8, 4) is 17.1 Å². The number of rotatable bonds is 2. The number of carboxylic acids is 1. The Morgan fingerprint density at radius 1 is 1.26 bits per heavy atom. The summed E-state index contributed by atoms with van der Waals surface area (Å²) in [5.41, 5.74) is 1.43. The van der Waals surface area contributed by atoms with Gasteiger partial charge in [-0.05, 0) is 12.8 Å². The predicted octanol–water partition coefficient (Wildman–Crippen LogP) is 2.42. The molecule has 98 valence electrons. The van der Waals surface area contributed by atoms with Gasteiger partial charge in [0, 0.05) is 12.1 Å². The minimum atomic E-state index is -0.998. The number of ether oxygens (including phenoxy) is 1. The fourth-order valence-electron chi connectivity index (χ4n) is 2.27. The Morgan fingerprint density at radius 2 is 2.05 bits per heavy atom. The van der Waals surface area contributed by atoms with Crippen LogP contribution in [0.4, 0.5) is 0 Å². The van der Waals surface area contributed by atoms with Gasteiger partial charge >= 0.3 is 5.97 Å². The third-order valence-corrected chi connectivity index (χ3v) is 3.17. The number of aryl methyl sites for hydroxylation is 1. The van der Waals surface area contributed by atoms with E-state index in [0.29, 0.717) is 24.7 Å². The van der Waals surface area contributed by atoms with Gasteiger partial charge in [-0.3, -0.25) is 0 Å². The minimum absolute atomic E-state index is 0.160. The second-order valence-corrected chi connectivity index (χ2v) is 4.48. The molecule has 0 saturated heterocycles. The van der Waals surface area contributed by atoms with Crippen LogP contribution in [0.1, 0.15) is 23.2 Å². The van der Waals surface area contributed by atoms with Crippen molar-refractivity contribution in [1.29, 1.82) is 0 Å². The number of aromatic carboxylic acids is 1. The van der Waals surface area contributed by atoms with Gasteiger partial charge in [0.15, 0.2) is 0 Å². The van der Waals surface area contributed by atoms with Gasteiger partial charge in [-0.25, -0.2) is 9.48 Å². The first-order valence-electron chi connectivity index (χ1n) is 6.29. The Morgan fingerprint density at radius 3 is 2.79 bits per heavy atom. The molecule has 5 heteroatoms. The Kier molecular flexibility index (Phi) is 2.95. The molecule has 1 aromatic carbocycles. The molecular formula is C14H14N2O3. The highest BCUT2D eigenvalue weighted by molar-refractivity contribution is 5.97. The normalized spacial score (nSPS) is 14.3. The predicted molar refractivity (Wildman–Crippen MR) is 69.4 cm³/mol. The summed E-state index contributed by atoms with van der Waals surface area (Å²) in [7, 11) is 0. The zero-order valence-electron chi connectivity index (χ0n) is 10.4. The zero-order chi connectivity index (χ0) is 13.2. The second-order valence-electron chi connectivity index (χ2n) is 4.48. The van der Waals surface area contributed by atoms with Crippen LogP contribution in [0.25, 0.3) is 11.3 Å². The molecular weight excluding hydrogens is 244 g/mol. The molecule has 1 aliphatic heterocycles. The van der Waals surface area contributed by atoms with Crippen LogP contribution in [-0.2, 0) is 6.54 Å². The monoisotopic (exact) mass is 258 g/mol. The summed E-state index contributed by atoms with van der Waals surface area (Å²) in [5, 5.41) is 13.8. The van der Waals surface area contributed by atoms with E-state index in [1.54, 1.807) is 4.68 Å². The van der Waals surface area contributed by atoms with E-state index in [2.05, 4.69) is 5.10 Å². The van der Waals surface area contributed by atoms with Crippen LogP contribution in [-0.4, -0.2) is 27.5 Å². The van der Waals surface area contributed by atoms with Crippen molar-refractivity contribution in [2.24, 2.45) is 0 Å². The van der Waals surface area contributed by atoms with Gasteiger partial charge in [0.1, 0.15) is 11.3 Å². The molecule has 0 atom stereocenters. The lowest BCUT2D eigenvalue weighted by atomic mass is 10.1. The molecule has 5 nitrogen and oxygen atoms in total. The van der Waals surface area contributed by atoms with Crippen molar-refractivity contribution in [3.05, 3.63) is 35.9 Å². The van der Waals surface area contributed by atoms with E-state index in [-0.39, 0.29) is 5.56 Å². The van der Waals surface area contributed by atoms with Crippen LogP contribution in [0.15, 0.2) is 30.3 Å². The first kappa shape index (κ1) is 11.8. The average Bonchev–Trinajstić information content (AvgIpc) is 2.64. The lowest BCUT2D eigenvalue weighted by molar-refractivity contribution is 0.0693. The smallest absolute Gasteiger partial charge is 0.343 e. The van der Waals surface area contributed by atoms with Crippen molar-refractivity contribution >= 4 is 5.97 Å². The molecule has 0 saturated carbocycles. The molecule has 2 aromatic rings. The van der Waals surface area contributed by atoms with Crippen molar-refractivity contribution < 1.29 is 14.6 Å². The number of fused-ring (bicyclic) bond motifs is 1. The van der Waals surface area contributed by atoms with Crippen LogP contribution in [0, 0.1) is 0 Å². The molecule has 1 aliphatic rings. The summed E-state index contributed by atoms with van der Waals surface area (Å²) in [6, 6.07) is 9.34. The van der Waals surface area contributed by atoms with Gasteiger partial charge in [0.05, 0.1) is 6.61 Å². The van der Waals surface area contributed by atoms with E-state index in [4.69, 9.17) is 4.74 Å². The lowest BCUT2D eigenvalue weighted by Crippen LogP contribution is -2.04. The number of aromatic nitrogens is 2. The molecule has 1 aromatic heterocycles. The third kappa shape index (κ3) is 2.07. The highest BCUT2D eigenvalue weighted by Gasteiger charge is 2.26. The van der Waals surface area contributed by atoms with Crippen molar-refractivity contribution in [2.75, 3.05) is 6.61 Å². The number of carboxylic acid groups (broad SMARTS) is 1. The molecule has 19 heavy (non-hydrogen) atoms. The quantitative estimate of drug-likeness (QED) is 0.898. The van der Waals surface area contributed by atoms with Gasteiger partial charge < -0.3 is 9.84 Å². The molecule has 0 bridgehead atoms. The van der Waals surface area contributed by atoms with Gasteiger partial charge in [-0.2, -0.15) is 5.10 Å². The molecule has 0 spiro atoms. The maximum atomic E-state index is 11.5. The van der Waals surface area contributed by atoms with E-state index in [1.165, 1.54) is 0 Å². The third-order valence-electron chi connectivity index (χ3n) is 3.17. The first-order valence-corrected chi connectivity index (χ1v) is 6.29. The molecule has 0 unspecified atom stereocenters. The number of nitrogens with zero attached hydrogens (tertiary/aromatic N) is 2. The zero-order valence-corrected chi connectivity index (χ0v) is 10.4. The maximum Gasteiger partial charge on any atom is 0.343 e. The number of hydrogen-bond acceptors (Lipinski definition) is 3. The molecule has 0 fully saturated rings. The molecule has 0 amide bonds. The molecule has 1 N–H and O–H groups in total. The van der Waals surface area contributed by atoms with Gasteiger partial charge in [0.25, 0.3) is 0 Å². The summed E-state index contributed by atoms with van der Waals surface area (Å²) in [4.78, 5) is 11.5. The number of benzene rings is 1. The standard InChI is InChI=1S/C14H14N2O3/c17-14(18)11-12(10-6-2-1-3-7-10)15-16-8-4-5-9-19-13(11)16/h1-3,6-7H,4-5,8-9H2,(H,17,18). The fraction of sp³-hybridized carbons (Fsp3) is 0.286. The topological polar surface area (TPSA) is 64.3 Å². The Balaban J connectivity index is 2.17. The fourth-order valence-corrected chi connectivity index (χ4v) is 2.27. The van der Waals surface area contributed by atoms with Crippen molar-refractivity contribution in [1.82, 2.24) is 9.78 Å². The highest BCUT2D eigenvalue weighted by atomic mass is 16.5. The van der Waals surface area contributed by atoms with Crippen LogP contribution in [0.3, 0.4) is 0 Å². The van der Waals surface area contributed by atoms with E-state index in [9.17, 15) is 9.90 Å². The van der Waals surface area contributed by atoms with E-state index in [1.807, 2.05) is 30.3 Å². The van der Waals surface area contributed by atoms with E-state index < -0.39 is 5.97 Å². The van der Waals surface area contributed by atoms with Crippen LogP contribution < -0.4 is 4.74 Å².